The highest BCUT2D eigenvalue weighted by Gasteiger charge is 2.38. The van der Waals surface area contributed by atoms with Crippen LogP contribution in [0.2, 0.25) is 0 Å². The molecule has 2 fully saturated rings. The van der Waals surface area contributed by atoms with Crippen molar-refractivity contribution in [3.63, 3.8) is 0 Å². The zero-order chi connectivity index (χ0) is 20.4. The molecule has 0 radical (unpaired) electrons. The molecular weight excluding hydrogens is 432 g/mol. The van der Waals surface area contributed by atoms with Crippen molar-refractivity contribution in [3.05, 3.63) is 16.0 Å². The first-order valence-corrected chi connectivity index (χ1v) is 11.7. The van der Waals surface area contributed by atoms with Crippen molar-refractivity contribution in [2.75, 3.05) is 44.5 Å². The number of nitrogens with one attached hydrogen (secondary N) is 1. The van der Waals surface area contributed by atoms with Crippen molar-refractivity contribution in [2.45, 2.75) is 46.6 Å². The number of piperidine rings is 1. The molecule has 0 saturated carbocycles. The Balaban J connectivity index is 0.000000454. The summed E-state index contributed by atoms with van der Waals surface area (Å²) in [5.41, 5.74) is 1.90. The molecule has 1 atom stereocenters. The minimum absolute atomic E-state index is 0.0774. The van der Waals surface area contributed by atoms with Crippen LogP contribution in [0.15, 0.2) is 4.60 Å². The Morgan fingerprint density at radius 3 is 2.33 bits per heavy atom. The van der Waals surface area contributed by atoms with Gasteiger partial charge in [0, 0.05) is 26.0 Å². The highest BCUT2D eigenvalue weighted by molar-refractivity contribution is 9.10. The Morgan fingerprint density at radius 2 is 1.89 bits per heavy atom. The summed E-state index contributed by atoms with van der Waals surface area (Å²) in [5, 5.41) is 9.50. The number of rotatable bonds is 3. The van der Waals surface area contributed by atoms with Gasteiger partial charge in [0.25, 0.3) is 0 Å². The first kappa shape index (κ1) is 24.4. The molecular formula is C18H33BrN4O3S. The Hall–Kier alpha value is -0.610. The van der Waals surface area contributed by atoms with E-state index in [1.165, 1.54) is 6.42 Å². The number of hydrogen-bond donors (Lipinski definition) is 2. The molecule has 27 heavy (non-hydrogen) atoms. The highest BCUT2D eigenvalue weighted by Crippen LogP contribution is 2.40. The molecule has 7 nitrogen and oxygen atoms in total. The van der Waals surface area contributed by atoms with Crippen LogP contribution in [0.3, 0.4) is 0 Å². The Morgan fingerprint density at radius 1 is 1.30 bits per heavy atom. The third-order valence-corrected chi connectivity index (χ3v) is 6.14. The van der Waals surface area contributed by atoms with Gasteiger partial charge in [0.15, 0.2) is 5.82 Å². The van der Waals surface area contributed by atoms with Gasteiger partial charge >= 0.3 is 0 Å². The molecule has 1 aromatic heterocycles. The Bertz CT molecular complexity index is 603. The maximum absolute atomic E-state index is 9.81. The summed E-state index contributed by atoms with van der Waals surface area (Å²) in [7, 11) is 0.826. The van der Waals surface area contributed by atoms with Gasteiger partial charge in [-0.15, -0.1) is 0 Å². The summed E-state index contributed by atoms with van der Waals surface area (Å²) in [5.74, 6) is 0.835. The molecule has 1 unspecified atom stereocenters. The summed E-state index contributed by atoms with van der Waals surface area (Å²) in [6, 6.07) is 0. The van der Waals surface area contributed by atoms with Gasteiger partial charge in [-0.2, -0.15) is 0 Å². The van der Waals surface area contributed by atoms with E-state index in [9.17, 15) is 9.32 Å². The van der Waals surface area contributed by atoms with Crippen molar-refractivity contribution in [3.8, 4) is 0 Å². The number of aliphatic hydroxyl groups excluding tert-OH is 1. The number of anilines is 1. The number of aliphatic hydroxyl groups is 1. The van der Waals surface area contributed by atoms with E-state index >= 15 is 0 Å². The lowest BCUT2D eigenvalue weighted by molar-refractivity contribution is 0.133. The monoisotopic (exact) mass is 464 g/mol. The second kappa shape index (κ2) is 12.1. The highest BCUT2D eigenvalue weighted by atomic mass is 79.9. The number of nitrogens with zero attached hydrogens (tertiary/aromatic N) is 3. The molecule has 2 N–H and O–H groups in total. The first-order chi connectivity index (χ1) is 12.9. The number of aromatic nitrogens is 2. The van der Waals surface area contributed by atoms with Crippen molar-refractivity contribution < 1.29 is 14.1 Å². The van der Waals surface area contributed by atoms with E-state index in [1.807, 2.05) is 20.8 Å². The van der Waals surface area contributed by atoms with Gasteiger partial charge in [0.2, 0.25) is 0 Å². The molecule has 0 bridgehead atoms. The molecule has 0 aromatic carbocycles. The quantitative estimate of drug-likeness (QED) is 0.714. The largest absolute Gasteiger partial charge is 0.390 e. The van der Waals surface area contributed by atoms with Crippen LogP contribution in [0.4, 0.5) is 5.82 Å². The van der Waals surface area contributed by atoms with Crippen molar-refractivity contribution >= 4 is 32.7 Å². The summed E-state index contributed by atoms with van der Waals surface area (Å²) in [6.07, 6.45) is 5.03. The number of hydrogen-bond acceptors (Lipinski definition) is 6. The molecule has 156 valence electrons. The number of halogens is 1. The lowest BCUT2D eigenvalue weighted by Crippen LogP contribution is -2.41. The normalized spacial score (nSPS) is 19.0. The zero-order valence-corrected chi connectivity index (χ0v) is 19.5. The van der Waals surface area contributed by atoms with Crippen molar-refractivity contribution in [1.82, 2.24) is 14.7 Å². The standard InChI is InChI=1S/C14H20BrN3O2.C2H7NOS.C2H6/c1-10-12(15)17-11(8-19)13(16-10)18-5-2-14(3-6-18)4-7-20-9-14;1-3-5(2)4;1-2/h19H,2-9H2,1H3;3H,1-2H3;1-2H3. The van der Waals surface area contributed by atoms with E-state index in [2.05, 4.69) is 35.5 Å². The van der Waals surface area contributed by atoms with Crippen LogP contribution in [0.1, 0.15) is 44.5 Å². The van der Waals surface area contributed by atoms with Crippen LogP contribution in [-0.2, 0) is 22.3 Å². The molecule has 2 aliphatic rings. The number of aryl methyl sites for hydroxylation is 1. The molecule has 3 heterocycles. The lowest BCUT2D eigenvalue weighted by atomic mass is 9.78. The van der Waals surface area contributed by atoms with Crippen LogP contribution in [0.25, 0.3) is 0 Å². The van der Waals surface area contributed by atoms with E-state index < -0.39 is 11.0 Å². The first-order valence-electron chi connectivity index (χ1n) is 9.38. The third kappa shape index (κ3) is 7.05. The number of ether oxygens (including phenoxy) is 1. The van der Waals surface area contributed by atoms with E-state index in [4.69, 9.17) is 4.74 Å². The Labute approximate surface area is 174 Å². The molecule has 2 aliphatic heterocycles. The predicted molar refractivity (Wildman–Crippen MR) is 114 cm³/mol. The topological polar surface area (TPSA) is 87.6 Å². The second-order valence-corrected chi connectivity index (χ2v) is 8.54. The van der Waals surface area contributed by atoms with Gasteiger partial charge in [0.1, 0.15) is 10.3 Å². The van der Waals surface area contributed by atoms with Crippen molar-refractivity contribution in [2.24, 2.45) is 5.41 Å². The van der Waals surface area contributed by atoms with Gasteiger partial charge in [-0.3, -0.25) is 0 Å². The van der Waals surface area contributed by atoms with Gasteiger partial charge in [-0.05, 0) is 54.6 Å². The van der Waals surface area contributed by atoms with E-state index in [-0.39, 0.29) is 6.61 Å². The molecule has 0 amide bonds. The second-order valence-electron chi connectivity index (χ2n) is 6.48. The molecule has 3 rings (SSSR count). The van der Waals surface area contributed by atoms with Gasteiger partial charge in [0.05, 0.1) is 29.9 Å². The van der Waals surface area contributed by atoms with Gasteiger partial charge in [-0.1, -0.05) is 13.8 Å². The molecule has 0 aliphatic carbocycles. The molecule has 1 spiro atoms. The van der Waals surface area contributed by atoms with Gasteiger partial charge in [-0.25, -0.2) is 18.9 Å². The van der Waals surface area contributed by atoms with Crippen LogP contribution >= 0.6 is 15.9 Å². The fraction of sp³-hybridized carbons (Fsp3) is 0.778. The van der Waals surface area contributed by atoms with Crippen molar-refractivity contribution in [1.29, 1.82) is 0 Å². The fourth-order valence-corrected chi connectivity index (χ4v) is 3.42. The average molecular weight is 465 g/mol. The van der Waals surface area contributed by atoms with E-state index in [0.717, 1.165) is 50.7 Å². The van der Waals surface area contributed by atoms with E-state index in [1.54, 1.807) is 13.3 Å². The lowest BCUT2D eigenvalue weighted by Gasteiger charge is -2.39. The predicted octanol–water partition coefficient (Wildman–Crippen LogP) is 2.57. The smallest absolute Gasteiger partial charge is 0.153 e. The molecule has 1 aromatic rings. The summed E-state index contributed by atoms with van der Waals surface area (Å²) < 4.78 is 18.6. The van der Waals surface area contributed by atoms with E-state index in [0.29, 0.717) is 15.7 Å². The third-order valence-electron chi connectivity index (χ3n) is 4.81. The maximum Gasteiger partial charge on any atom is 0.153 e. The zero-order valence-electron chi connectivity index (χ0n) is 17.0. The summed E-state index contributed by atoms with van der Waals surface area (Å²) >= 11 is 3.37. The van der Waals surface area contributed by atoms with Crippen LogP contribution in [-0.4, -0.2) is 58.9 Å². The minimum atomic E-state index is -0.823. The fourth-order valence-electron chi connectivity index (χ4n) is 3.11. The molecule has 9 heteroatoms. The Kier molecular flexibility index (Phi) is 10.9. The van der Waals surface area contributed by atoms with Crippen LogP contribution < -0.4 is 9.62 Å². The van der Waals surface area contributed by atoms with Crippen LogP contribution in [0.5, 0.6) is 0 Å². The maximum atomic E-state index is 9.81. The minimum Gasteiger partial charge on any atom is -0.390 e. The average Bonchev–Trinajstić information content (AvgIpc) is 3.14. The summed E-state index contributed by atoms with van der Waals surface area (Å²) in [6.45, 7) is 9.58. The SMILES string of the molecule is CC.CNS(C)=O.Cc1nc(N2CCC3(CCOC3)CC2)c(CO)nc1Br. The van der Waals surface area contributed by atoms with Crippen LogP contribution in [0, 0.1) is 12.3 Å². The van der Waals surface area contributed by atoms with Gasteiger partial charge < -0.3 is 14.7 Å². The summed E-state index contributed by atoms with van der Waals surface area (Å²) in [4.78, 5) is 11.3. The molecule has 2 saturated heterocycles.